The van der Waals surface area contributed by atoms with Crippen LogP contribution in [0.5, 0.6) is 5.75 Å². The van der Waals surface area contributed by atoms with Crippen molar-refractivity contribution in [2.75, 3.05) is 13.2 Å². The molecule has 0 aliphatic rings. The average molecular weight is 278 g/mol. The molecular weight excluding hydrogens is 252 g/mol. The Morgan fingerprint density at radius 1 is 1.40 bits per heavy atom. The van der Waals surface area contributed by atoms with Crippen molar-refractivity contribution < 1.29 is 9.53 Å². The first-order valence-electron chi connectivity index (χ1n) is 7.21. The minimum absolute atomic E-state index is 0.278. The highest BCUT2D eigenvalue weighted by Gasteiger charge is 2.11. The van der Waals surface area contributed by atoms with E-state index in [0.29, 0.717) is 12.6 Å². The van der Waals surface area contributed by atoms with Crippen LogP contribution in [0.15, 0.2) is 18.2 Å². The predicted octanol–water partition coefficient (Wildman–Crippen LogP) is 2.56. The van der Waals surface area contributed by atoms with Gasteiger partial charge in [-0.3, -0.25) is 4.79 Å². The van der Waals surface area contributed by atoms with Gasteiger partial charge >= 0.3 is 0 Å². The fourth-order valence-corrected chi connectivity index (χ4v) is 1.88. The summed E-state index contributed by atoms with van der Waals surface area (Å²) < 4.78 is 5.65. The van der Waals surface area contributed by atoms with Crippen molar-refractivity contribution in [2.24, 2.45) is 11.7 Å². The molecule has 0 aliphatic heterocycles. The third-order valence-corrected chi connectivity index (χ3v) is 3.37. The summed E-state index contributed by atoms with van der Waals surface area (Å²) in [7, 11) is 0. The summed E-state index contributed by atoms with van der Waals surface area (Å²) in [6, 6.07) is 6.47. The van der Waals surface area contributed by atoms with E-state index in [1.165, 1.54) is 5.56 Å². The quantitative estimate of drug-likeness (QED) is 0.768. The Labute approximate surface area is 121 Å². The van der Waals surface area contributed by atoms with Crippen LogP contribution in [0, 0.1) is 12.8 Å². The molecule has 20 heavy (non-hydrogen) atoms. The number of hydrogen-bond acceptors (Lipinski definition) is 3. The van der Waals surface area contributed by atoms with Gasteiger partial charge < -0.3 is 15.8 Å². The number of benzene rings is 1. The fraction of sp³-hybridized carbons (Fsp3) is 0.562. The van der Waals surface area contributed by atoms with Crippen molar-refractivity contribution in [3.8, 4) is 5.75 Å². The van der Waals surface area contributed by atoms with Gasteiger partial charge in [0.25, 0.3) is 0 Å². The molecule has 2 unspecified atom stereocenters. The maximum atomic E-state index is 11.0. The van der Waals surface area contributed by atoms with Crippen molar-refractivity contribution in [1.82, 2.24) is 5.32 Å². The largest absolute Gasteiger partial charge is 0.493 e. The Morgan fingerprint density at radius 3 is 2.65 bits per heavy atom. The minimum Gasteiger partial charge on any atom is -0.493 e. The first-order valence-corrected chi connectivity index (χ1v) is 7.21. The molecule has 4 heteroatoms. The summed E-state index contributed by atoms with van der Waals surface area (Å²) >= 11 is 0. The number of rotatable bonds is 8. The van der Waals surface area contributed by atoms with E-state index in [0.717, 1.165) is 24.3 Å². The van der Waals surface area contributed by atoms with Gasteiger partial charge in [0.15, 0.2) is 0 Å². The zero-order valence-electron chi connectivity index (χ0n) is 12.9. The van der Waals surface area contributed by atoms with E-state index >= 15 is 0 Å². The molecule has 1 aromatic carbocycles. The number of hydrogen-bond donors (Lipinski definition) is 2. The minimum atomic E-state index is -0.336. The number of primary amides is 1. The molecule has 3 N–H and O–H groups in total. The number of amides is 1. The number of carbonyl (C=O) groups is 1. The molecule has 2 atom stereocenters. The monoisotopic (exact) mass is 278 g/mol. The summed E-state index contributed by atoms with van der Waals surface area (Å²) in [6.07, 6.45) is 1.12. The van der Waals surface area contributed by atoms with Crippen LogP contribution < -0.4 is 15.8 Å². The molecule has 0 spiro atoms. The van der Waals surface area contributed by atoms with Gasteiger partial charge in [-0.05, 0) is 44.0 Å². The highest BCUT2D eigenvalue weighted by Crippen LogP contribution is 2.23. The SMILES string of the molecule is CCCNC(C)c1ccc(OCC(C)C(N)=O)c(C)c1. The topological polar surface area (TPSA) is 64.3 Å². The Morgan fingerprint density at radius 2 is 2.10 bits per heavy atom. The third kappa shape index (κ3) is 4.85. The summed E-state index contributed by atoms with van der Waals surface area (Å²) in [6.45, 7) is 9.42. The number of nitrogens with two attached hydrogens (primary N) is 1. The second-order valence-electron chi connectivity index (χ2n) is 5.32. The van der Waals surface area contributed by atoms with Crippen molar-refractivity contribution in [3.63, 3.8) is 0 Å². The van der Waals surface area contributed by atoms with Gasteiger partial charge in [-0.1, -0.05) is 26.0 Å². The Kier molecular flexibility index (Phi) is 6.52. The fourth-order valence-electron chi connectivity index (χ4n) is 1.88. The molecule has 0 heterocycles. The first-order chi connectivity index (χ1) is 9.45. The molecule has 112 valence electrons. The van der Waals surface area contributed by atoms with Crippen molar-refractivity contribution >= 4 is 5.91 Å². The molecule has 0 radical (unpaired) electrons. The van der Waals surface area contributed by atoms with Crippen LogP contribution in [0.4, 0.5) is 0 Å². The molecule has 0 fully saturated rings. The van der Waals surface area contributed by atoms with Crippen LogP contribution in [0.3, 0.4) is 0 Å². The summed E-state index contributed by atoms with van der Waals surface area (Å²) in [5, 5.41) is 3.46. The van der Waals surface area contributed by atoms with Crippen molar-refractivity contribution in [1.29, 1.82) is 0 Å². The molecule has 0 saturated carbocycles. The maximum absolute atomic E-state index is 11.0. The zero-order valence-corrected chi connectivity index (χ0v) is 12.9. The van der Waals surface area contributed by atoms with Crippen LogP contribution in [-0.2, 0) is 4.79 Å². The molecule has 1 amide bonds. The van der Waals surface area contributed by atoms with E-state index in [1.54, 1.807) is 6.92 Å². The number of aryl methyl sites for hydroxylation is 1. The van der Waals surface area contributed by atoms with Crippen LogP contribution in [0.25, 0.3) is 0 Å². The van der Waals surface area contributed by atoms with Gasteiger partial charge in [-0.2, -0.15) is 0 Å². The number of carbonyl (C=O) groups excluding carboxylic acids is 1. The highest BCUT2D eigenvalue weighted by molar-refractivity contribution is 5.76. The highest BCUT2D eigenvalue weighted by atomic mass is 16.5. The van der Waals surface area contributed by atoms with E-state index in [4.69, 9.17) is 10.5 Å². The van der Waals surface area contributed by atoms with Crippen LogP contribution in [-0.4, -0.2) is 19.1 Å². The van der Waals surface area contributed by atoms with Crippen LogP contribution >= 0.6 is 0 Å². The number of nitrogens with one attached hydrogen (secondary N) is 1. The molecule has 0 saturated heterocycles. The molecule has 1 rings (SSSR count). The lowest BCUT2D eigenvalue weighted by Crippen LogP contribution is -2.26. The Hall–Kier alpha value is -1.55. The van der Waals surface area contributed by atoms with Gasteiger partial charge in [0.05, 0.1) is 12.5 Å². The summed E-state index contributed by atoms with van der Waals surface area (Å²) in [5.41, 5.74) is 7.54. The summed E-state index contributed by atoms with van der Waals surface area (Å²) in [4.78, 5) is 11.0. The molecule has 0 aliphatic carbocycles. The Balaban J connectivity index is 2.65. The molecule has 0 bridgehead atoms. The van der Waals surface area contributed by atoms with Crippen LogP contribution in [0.1, 0.15) is 44.4 Å². The second-order valence-corrected chi connectivity index (χ2v) is 5.32. The standard InChI is InChI=1S/C16H26N2O2/c1-5-8-18-13(4)14-6-7-15(11(2)9-14)20-10-12(3)16(17)19/h6-7,9,12-13,18H,5,8,10H2,1-4H3,(H2,17,19). The predicted molar refractivity (Wildman–Crippen MR) is 81.7 cm³/mol. The van der Waals surface area contributed by atoms with E-state index in [-0.39, 0.29) is 11.8 Å². The van der Waals surface area contributed by atoms with E-state index < -0.39 is 0 Å². The van der Waals surface area contributed by atoms with E-state index in [9.17, 15) is 4.79 Å². The van der Waals surface area contributed by atoms with E-state index in [1.807, 2.05) is 13.0 Å². The second kappa shape index (κ2) is 7.90. The lowest BCUT2D eigenvalue weighted by molar-refractivity contribution is -0.122. The van der Waals surface area contributed by atoms with Crippen molar-refractivity contribution in [2.45, 2.75) is 40.2 Å². The van der Waals surface area contributed by atoms with Gasteiger partial charge in [-0.15, -0.1) is 0 Å². The smallest absolute Gasteiger partial charge is 0.223 e. The molecule has 4 nitrogen and oxygen atoms in total. The Bertz CT molecular complexity index is 446. The van der Waals surface area contributed by atoms with Gasteiger partial charge in [0.1, 0.15) is 5.75 Å². The van der Waals surface area contributed by atoms with Gasteiger partial charge in [-0.25, -0.2) is 0 Å². The van der Waals surface area contributed by atoms with E-state index in [2.05, 4.69) is 31.3 Å². The van der Waals surface area contributed by atoms with Crippen molar-refractivity contribution in [3.05, 3.63) is 29.3 Å². The molecular formula is C16H26N2O2. The third-order valence-electron chi connectivity index (χ3n) is 3.37. The lowest BCUT2D eigenvalue weighted by atomic mass is 10.0. The van der Waals surface area contributed by atoms with Gasteiger partial charge in [0, 0.05) is 6.04 Å². The molecule has 0 aromatic heterocycles. The zero-order chi connectivity index (χ0) is 15.1. The average Bonchev–Trinajstić information content (AvgIpc) is 2.42. The maximum Gasteiger partial charge on any atom is 0.223 e. The normalized spacial score (nSPS) is 13.8. The first kappa shape index (κ1) is 16.5. The van der Waals surface area contributed by atoms with Crippen LogP contribution in [0.2, 0.25) is 0 Å². The summed E-state index contributed by atoms with van der Waals surface area (Å²) in [5.74, 6) is 0.195. The lowest BCUT2D eigenvalue weighted by Gasteiger charge is -2.17. The number of ether oxygens (including phenoxy) is 1. The van der Waals surface area contributed by atoms with Gasteiger partial charge in [0.2, 0.25) is 5.91 Å². The molecule has 1 aromatic rings.